The van der Waals surface area contributed by atoms with Gasteiger partial charge in [0.05, 0.1) is 5.60 Å². The van der Waals surface area contributed by atoms with Crippen LogP contribution in [0.25, 0.3) is 0 Å². The second-order valence-electron chi connectivity index (χ2n) is 12.1. The summed E-state index contributed by atoms with van der Waals surface area (Å²) in [5.74, 6) is 5.79. The Hall–Kier alpha value is -0.780. The molecule has 2 heteroatoms. The number of hydrogen-bond donors (Lipinski definition) is 2. The molecule has 3 saturated carbocycles. The van der Waals surface area contributed by atoms with Gasteiger partial charge in [-0.1, -0.05) is 31.4 Å². The van der Waals surface area contributed by atoms with Crippen LogP contribution >= 0.6 is 0 Å². The molecule has 0 unspecified atom stereocenters. The summed E-state index contributed by atoms with van der Waals surface area (Å²) in [6, 6.07) is 0. The van der Waals surface area contributed by atoms with Crippen molar-refractivity contribution in [1.82, 2.24) is 0 Å². The van der Waals surface area contributed by atoms with Crippen LogP contribution < -0.4 is 0 Å². The Balaban J connectivity index is 1.48. The van der Waals surface area contributed by atoms with Gasteiger partial charge in [-0.15, -0.1) is 6.42 Å². The molecule has 0 aromatic carbocycles. The number of hydrogen-bond acceptors (Lipinski definition) is 2. The first-order valence-corrected chi connectivity index (χ1v) is 12.1. The summed E-state index contributed by atoms with van der Waals surface area (Å²) in [5, 5.41) is 20.8. The lowest BCUT2D eigenvalue weighted by Crippen LogP contribution is -2.51. The van der Waals surface area contributed by atoms with Crippen molar-refractivity contribution in [2.24, 2.45) is 34.5 Å². The van der Waals surface area contributed by atoms with E-state index in [-0.39, 0.29) is 0 Å². The molecular formula is C27H42O2. The van der Waals surface area contributed by atoms with Crippen molar-refractivity contribution in [2.45, 2.75) is 110 Å². The second kappa shape index (κ2) is 7.13. The van der Waals surface area contributed by atoms with E-state index in [1.165, 1.54) is 38.5 Å². The highest BCUT2D eigenvalue weighted by molar-refractivity contribution is 5.26. The maximum Gasteiger partial charge on any atom is 0.122 e. The van der Waals surface area contributed by atoms with E-state index in [1.54, 1.807) is 12.5 Å². The first-order valence-electron chi connectivity index (χ1n) is 12.1. The lowest BCUT2D eigenvalue weighted by atomic mass is 9.46. The van der Waals surface area contributed by atoms with E-state index in [2.05, 4.69) is 25.8 Å². The second-order valence-corrected chi connectivity index (χ2v) is 12.1. The molecule has 29 heavy (non-hydrogen) atoms. The topological polar surface area (TPSA) is 40.5 Å². The van der Waals surface area contributed by atoms with E-state index in [9.17, 15) is 10.2 Å². The highest BCUT2D eigenvalue weighted by Crippen LogP contribution is 2.67. The molecule has 3 fully saturated rings. The maximum absolute atomic E-state index is 10.6. The van der Waals surface area contributed by atoms with Crippen LogP contribution in [0.15, 0.2) is 11.6 Å². The standard InChI is InChI=1S/C27H42O2/c1-6-24(2,28)14-7-8-19-10-12-22-21-11-9-20-18-25(3,29)16-17-27(20,5)23(21)13-15-26(19,22)4/h1,9,19,21-23,28-29H,7-8,10-18H2,2-5H3/t19-,21-,22-,23-,24+,25-,26+,27-/m0/s1. The Morgan fingerprint density at radius 1 is 1.14 bits per heavy atom. The third-order valence-electron chi connectivity index (χ3n) is 10.1. The monoisotopic (exact) mass is 398 g/mol. The minimum atomic E-state index is -0.947. The summed E-state index contributed by atoms with van der Waals surface area (Å²) < 4.78 is 0. The van der Waals surface area contributed by atoms with Gasteiger partial charge < -0.3 is 10.2 Å². The van der Waals surface area contributed by atoms with Crippen molar-refractivity contribution in [3.8, 4) is 12.3 Å². The average Bonchev–Trinajstić information content (AvgIpc) is 2.99. The number of fused-ring (bicyclic) bond motifs is 5. The Morgan fingerprint density at radius 2 is 1.90 bits per heavy atom. The van der Waals surface area contributed by atoms with E-state index < -0.39 is 11.2 Å². The van der Waals surface area contributed by atoms with Crippen LogP contribution in [0.1, 0.15) is 98.3 Å². The van der Waals surface area contributed by atoms with Crippen molar-refractivity contribution < 1.29 is 10.2 Å². The third-order valence-corrected chi connectivity index (χ3v) is 10.1. The first kappa shape index (κ1) is 21.5. The van der Waals surface area contributed by atoms with Crippen molar-refractivity contribution in [3.05, 3.63) is 11.6 Å². The quantitative estimate of drug-likeness (QED) is 0.459. The summed E-state index contributed by atoms with van der Waals surface area (Å²) in [5.41, 5.74) is 0.892. The van der Waals surface area contributed by atoms with Gasteiger partial charge in [0.25, 0.3) is 0 Å². The molecule has 0 aromatic rings. The largest absolute Gasteiger partial charge is 0.390 e. The number of rotatable bonds is 4. The SMILES string of the molecule is C#C[C@@](C)(O)CCC[C@H]1CC[C@H]2[C@@H]3CC=C4C[C@@](C)(O)CC[C@]4(C)[C@H]3CC[C@]12C. The lowest BCUT2D eigenvalue weighted by Gasteiger charge is -2.59. The molecule has 0 amide bonds. The smallest absolute Gasteiger partial charge is 0.122 e. The number of aliphatic hydroxyl groups is 2. The first-order chi connectivity index (χ1) is 13.5. The van der Waals surface area contributed by atoms with Gasteiger partial charge in [-0.3, -0.25) is 0 Å². The summed E-state index contributed by atoms with van der Waals surface area (Å²) in [6.07, 6.45) is 20.6. The molecule has 0 heterocycles. The van der Waals surface area contributed by atoms with Crippen LogP contribution in [0, 0.1) is 46.8 Å². The predicted molar refractivity (Wildman–Crippen MR) is 119 cm³/mol. The zero-order valence-corrected chi connectivity index (χ0v) is 19.1. The highest BCUT2D eigenvalue weighted by Gasteiger charge is 2.58. The van der Waals surface area contributed by atoms with Crippen LogP contribution in [0.2, 0.25) is 0 Å². The van der Waals surface area contributed by atoms with Gasteiger partial charge in [0.1, 0.15) is 5.60 Å². The van der Waals surface area contributed by atoms with Crippen molar-refractivity contribution in [3.63, 3.8) is 0 Å². The van der Waals surface area contributed by atoms with Gasteiger partial charge in [0.2, 0.25) is 0 Å². The fraction of sp³-hybridized carbons (Fsp3) is 0.852. The fourth-order valence-electron chi connectivity index (χ4n) is 8.15. The molecule has 4 aliphatic carbocycles. The highest BCUT2D eigenvalue weighted by atomic mass is 16.3. The third kappa shape index (κ3) is 3.61. The molecule has 0 bridgehead atoms. The van der Waals surface area contributed by atoms with Crippen molar-refractivity contribution >= 4 is 0 Å². The molecular weight excluding hydrogens is 356 g/mol. The summed E-state index contributed by atoms with van der Waals surface area (Å²) in [7, 11) is 0. The van der Waals surface area contributed by atoms with Gasteiger partial charge >= 0.3 is 0 Å². The van der Waals surface area contributed by atoms with Crippen molar-refractivity contribution in [1.29, 1.82) is 0 Å². The van der Waals surface area contributed by atoms with Gasteiger partial charge in [-0.05, 0) is 119 Å². The molecule has 2 nitrogen and oxygen atoms in total. The van der Waals surface area contributed by atoms with E-state index in [0.717, 1.165) is 55.8 Å². The fourth-order valence-corrected chi connectivity index (χ4v) is 8.15. The van der Waals surface area contributed by atoms with Crippen LogP contribution in [-0.2, 0) is 0 Å². The molecule has 8 atom stereocenters. The normalized spacial score (nSPS) is 48.5. The Morgan fingerprint density at radius 3 is 2.62 bits per heavy atom. The molecule has 0 aromatic heterocycles. The van der Waals surface area contributed by atoms with Gasteiger partial charge in [0.15, 0.2) is 0 Å². The molecule has 0 radical (unpaired) electrons. The molecule has 4 rings (SSSR count). The lowest BCUT2D eigenvalue weighted by molar-refractivity contribution is -0.0663. The van der Waals surface area contributed by atoms with Crippen LogP contribution in [-0.4, -0.2) is 21.4 Å². The number of terminal acetylenes is 1. The van der Waals surface area contributed by atoms with E-state index in [0.29, 0.717) is 10.8 Å². The zero-order valence-electron chi connectivity index (χ0n) is 19.1. The van der Waals surface area contributed by atoms with E-state index in [1.807, 2.05) is 6.92 Å². The molecule has 2 N–H and O–H groups in total. The Kier molecular flexibility index (Phi) is 5.28. The van der Waals surface area contributed by atoms with Gasteiger partial charge in [-0.25, -0.2) is 0 Å². The van der Waals surface area contributed by atoms with E-state index >= 15 is 0 Å². The molecule has 0 aliphatic heterocycles. The van der Waals surface area contributed by atoms with E-state index in [4.69, 9.17) is 6.42 Å². The van der Waals surface area contributed by atoms with Gasteiger partial charge in [-0.2, -0.15) is 0 Å². The molecule has 0 spiro atoms. The molecule has 0 saturated heterocycles. The minimum Gasteiger partial charge on any atom is -0.390 e. The number of allylic oxidation sites excluding steroid dienone is 1. The maximum atomic E-state index is 10.6. The van der Waals surface area contributed by atoms with Crippen LogP contribution in [0.5, 0.6) is 0 Å². The van der Waals surface area contributed by atoms with Crippen LogP contribution in [0.4, 0.5) is 0 Å². The zero-order chi connectivity index (χ0) is 21.1. The van der Waals surface area contributed by atoms with Crippen LogP contribution in [0.3, 0.4) is 0 Å². The summed E-state index contributed by atoms with van der Waals surface area (Å²) >= 11 is 0. The Bertz CT molecular complexity index is 711. The molecule has 162 valence electrons. The predicted octanol–water partition coefficient (Wildman–Crippen LogP) is 5.87. The minimum absolute atomic E-state index is 0.316. The molecule has 4 aliphatic rings. The van der Waals surface area contributed by atoms with Gasteiger partial charge in [0, 0.05) is 0 Å². The average molecular weight is 399 g/mol. The Labute approximate surface area is 178 Å². The summed E-state index contributed by atoms with van der Waals surface area (Å²) in [4.78, 5) is 0. The van der Waals surface area contributed by atoms with Crippen molar-refractivity contribution in [2.75, 3.05) is 0 Å². The summed E-state index contributed by atoms with van der Waals surface area (Å²) in [6.45, 7) is 8.89.